The number of aliphatic hydroxyl groups excluding tert-OH is 1. The average molecular weight is 165 g/mol. The van der Waals surface area contributed by atoms with Gasteiger partial charge in [0.2, 0.25) is 0 Å². The van der Waals surface area contributed by atoms with Gasteiger partial charge in [-0.25, -0.2) is 0 Å². The van der Waals surface area contributed by atoms with Crippen molar-refractivity contribution in [2.24, 2.45) is 5.73 Å². The Hall–Kier alpha value is -0.200. The van der Waals surface area contributed by atoms with Crippen LogP contribution in [0.2, 0.25) is 0 Å². The fraction of sp³-hybridized carbons (Fsp3) is 1.00. The molecule has 0 aromatic rings. The molecule has 0 aromatic carbocycles. The molecule has 0 heterocycles. The molecule has 0 aliphatic rings. The number of rotatable bonds is 7. The molecule has 0 unspecified atom stereocenters. The van der Waals surface area contributed by atoms with Gasteiger partial charge in [-0.1, -0.05) is 0 Å². The van der Waals surface area contributed by atoms with Crippen LogP contribution in [0.15, 0.2) is 0 Å². The van der Waals surface area contributed by atoms with Gasteiger partial charge in [-0.3, -0.25) is 0 Å². The summed E-state index contributed by atoms with van der Waals surface area (Å²) in [7, 11) is 0. The highest BCUT2D eigenvalue weighted by atomic mass is 16.6. The largest absolute Gasteiger partial charge is 0.378 e. The van der Waals surface area contributed by atoms with Crippen LogP contribution < -0.4 is 5.73 Å². The lowest BCUT2D eigenvalue weighted by molar-refractivity contribution is -0.100. The second kappa shape index (κ2) is 7.90. The summed E-state index contributed by atoms with van der Waals surface area (Å²) < 4.78 is 9.73. The lowest BCUT2D eigenvalue weighted by Gasteiger charge is -2.05. The minimum absolute atomic E-state index is 0.0774. The molecular weight excluding hydrogens is 150 g/mol. The monoisotopic (exact) mass is 165 g/mol. The smallest absolute Gasteiger partial charge is 0.175 e. The summed E-state index contributed by atoms with van der Waals surface area (Å²) in [6, 6.07) is 0. The summed E-state index contributed by atoms with van der Waals surface area (Å²) in [6.45, 7) is 1.71. The third-order valence-electron chi connectivity index (χ3n) is 0.901. The van der Waals surface area contributed by atoms with E-state index in [0.29, 0.717) is 26.4 Å². The van der Waals surface area contributed by atoms with E-state index in [2.05, 4.69) is 0 Å². The molecule has 0 aliphatic heterocycles. The van der Waals surface area contributed by atoms with Crippen LogP contribution in [0.3, 0.4) is 0 Å². The standard InChI is InChI=1S/C6H15NO4/c7-1-2-10-3-4-11-5-6(8)9/h6,8-9H,1-5,7H2. The van der Waals surface area contributed by atoms with Crippen molar-refractivity contribution in [3.63, 3.8) is 0 Å². The van der Waals surface area contributed by atoms with E-state index < -0.39 is 6.29 Å². The van der Waals surface area contributed by atoms with E-state index >= 15 is 0 Å². The van der Waals surface area contributed by atoms with Crippen molar-refractivity contribution in [3.05, 3.63) is 0 Å². The number of nitrogens with two attached hydrogens (primary N) is 1. The first-order chi connectivity index (χ1) is 5.27. The quantitative estimate of drug-likeness (QED) is 0.309. The lowest BCUT2D eigenvalue weighted by Crippen LogP contribution is -2.17. The number of ether oxygens (including phenoxy) is 2. The Morgan fingerprint density at radius 3 is 2.27 bits per heavy atom. The van der Waals surface area contributed by atoms with Crippen LogP contribution in [0.1, 0.15) is 0 Å². The number of hydrogen-bond donors (Lipinski definition) is 3. The second-order valence-corrected chi connectivity index (χ2v) is 1.96. The minimum atomic E-state index is -1.40. The predicted octanol–water partition coefficient (Wildman–Crippen LogP) is -1.71. The lowest BCUT2D eigenvalue weighted by atomic mass is 10.6. The van der Waals surface area contributed by atoms with E-state index in [1.54, 1.807) is 0 Å². The third kappa shape index (κ3) is 9.80. The van der Waals surface area contributed by atoms with Gasteiger partial charge in [-0.15, -0.1) is 0 Å². The van der Waals surface area contributed by atoms with Crippen LogP contribution in [0.4, 0.5) is 0 Å². The predicted molar refractivity (Wildman–Crippen MR) is 38.9 cm³/mol. The Kier molecular flexibility index (Phi) is 7.76. The van der Waals surface area contributed by atoms with Crippen molar-refractivity contribution < 1.29 is 19.7 Å². The molecule has 68 valence electrons. The van der Waals surface area contributed by atoms with Gasteiger partial charge in [0.15, 0.2) is 6.29 Å². The van der Waals surface area contributed by atoms with Crippen LogP contribution >= 0.6 is 0 Å². The molecule has 0 radical (unpaired) electrons. The number of hydrogen-bond acceptors (Lipinski definition) is 5. The highest BCUT2D eigenvalue weighted by Crippen LogP contribution is 1.80. The number of aliphatic hydroxyl groups is 2. The van der Waals surface area contributed by atoms with Gasteiger partial charge in [-0.05, 0) is 0 Å². The van der Waals surface area contributed by atoms with Crippen LogP contribution in [-0.2, 0) is 9.47 Å². The molecule has 0 spiro atoms. The first-order valence-corrected chi connectivity index (χ1v) is 3.49. The van der Waals surface area contributed by atoms with Gasteiger partial charge in [0.1, 0.15) is 0 Å². The highest BCUT2D eigenvalue weighted by molar-refractivity contribution is 4.34. The summed E-state index contributed by atoms with van der Waals surface area (Å²) in [4.78, 5) is 0. The molecule has 5 nitrogen and oxygen atoms in total. The van der Waals surface area contributed by atoms with Gasteiger partial charge in [0, 0.05) is 6.54 Å². The zero-order chi connectivity index (χ0) is 8.53. The fourth-order valence-corrected chi connectivity index (χ4v) is 0.492. The average Bonchev–Trinajstić information content (AvgIpc) is 1.96. The molecule has 0 fully saturated rings. The van der Waals surface area contributed by atoms with E-state index in [4.69, 9.17) is 25.4 Å². The summed E-state index contributed by atoms with van der Waals surface area (Å²) in [5.41, 5.74) is 5.15. The Morgan fingerprint density at radius 1 is 1.09 bits per heavy atom. The SMILES string of the molecule is NCCOCCOCC(O)O. The zero-order valence-electron chi connectivity index (χ0n) is 6.40. The van der Waals surface area contributed by atoms with Crippen LogP contribution in [0, 0.1) is 0 Å². The van der Waals surface area contributed by atoms with E-state index in [0.717, 1.165) is 0 Å². The van der Waals surface area contributed by atoms with Crippen molar-refractivity contribution in [3.8, 4) is 0 Å². The van der Waals surface area contributed by atoms with Gasteiger partial charge in [-0.2, -0.15) is 0 Å². The second-order valence-electron chi connectivity index (χ2n) is 1.96. The Morgan fingerprint density at radius 2 is 1.73 bits per heavy atom. The molecule has 0 aromatic heterocycles. The van der Waals surface area contributed by atoms with E-state index in [1.807, 2.05) is 0 Å². The normalized spacial score (nSPS) is 10.9. The van der Waals surface area contributed by atoms with Gasteiger partial charge < -0.3 is 25.4 Å². The maximum Gasteiger partial charge on any atom is 0.175 e. The molecule has 0 saturated carbocycles. The fourth-order valence-electron chi connectivity index (χ4n) is 0.492. The first-order valence-electron chi connectivity index (χ1n) is 3.49. The van der Waals surface area contributed by atoms with Crippen molar-refractivity contribution >= 4 is 0 Å². The summed E-state index contributed by atoms with van der Waals surface area (Å²) in [5, 5.41) is 16.6. The molecule has 0 rings (SSSR count). The van der Waals surface area contributed by atoms with Gasteiger partial charge >= 0.3 is 0 Å². The topological polar surface area (TPSA) is 84.9 Å². The molecule has 11 heavy (non-hydrogen) atoms. The molecule has 0 saturated heterocycles. The molecule has 4 N–H and O–H groups in total. The molecule has 0 amide bonds. The first kappa shape index (κ1) is 10.8. The Balaban J connectivity index is 2.80. The molecule has 0 bridgehead atoms. The summed E-state index contributed by atoms with van der Waals surface area (Å²) in [5.74, 6) is 0. The van der Waals surface area contributed by atoms with Crippen molar-refractivity contribution in [2.75, 3.05) is 33.0 Å². The minimum Gasteiger partial charge on any atom is -0.378 e. The van der Waals surface area contributed by atoms with Crippen LogP contribution in [-0.4, -0.2) is 49.5 Å². The van der Waals surface area contributed by atoms with Crippen molar-refractivity contribution in [1.29, 1.82) is 0 Å². The molecule has 5 heteroatoms. The molecule has 0 aliphatic carbocycles. The maximum atomic E-state index is 8.32. The summed E-state index contributed by atoms with van der Waals surface area (Å²) in [6.07, 6.45) is -1.40. The van der Waals surface area contributed by atoms with E-state index in [-0.39, 0.29) is 6.61 Å². The van der Waals surface area contributed by atoms with E-state index in [9.17, 15) is 0 Å². The molecule has 0 atom stereocenters. The van der Waals surface area contributed by atoms with Crippen LogP contribution in [0.25, 0.3) is 0 Å². The van der Waals surface area contributed by atoms with Crippen molar-refractivity contribution in [2.45, 2.75) is 6.29 Å². The Labute approximate surface area is 65.7 Å². The van der Waals surface area contributed by atoms with Gasteiger partial charge in [0.05, 0.1) is 26.4 Å². The highest BCUT2D eigenvalue weighted by Gasteiger charge is 1.95. The van der Waals surface area contributed by atoms with Gasteiger partial charge in [0.25, 0.3) is 0 Å². The van der Waals surface area contributed by atoms with Crippen LogP contribution in [0.5, 0.6) is 0 Å². The third-order valence-corrected chi connectivity index (χ3v) is 0.901. The Bertz CT molecular complexity index is 79.0. The maximum absolute atomic E-state index is 8.32. The zero-order valence-corrected chi connectivity index (χ0v) is 6.40. The molecular formula is C6H15NO4. The summed E-state index contributed by atoms with van der Waals surface area (Å²) >= 11 is 0. The van der Waals surface area contributed by atoms with Crippen molar-refractivity contribution in [1.82, 2.24) is 0 Å². The van der Waals surface area contributed by atoms with E-state index in [1.165, 1.54) is 0 Å².